The normalized spacial score (nSPS) is 13.9. The predicted molar refractivity (Wildman–Crippen MR) is 70.1 cm³/mol. The lowest BCUT2D eigenvalue weighted by atomic mass is 10.0. The Labute approximate surface area is 95.9 Å². The van der Waals surface area contributed by atoms with Crippen LogP contribution in [0.15, 0.2) is 36.4 Å². The molecular formula is C14H16N2. The Morgan fingerprint density at radius 2 is 2.00 bits per heavy atom. The summed E-state index contributed by atoms with van der Waals surface area (Å²) in [4.78, 5) is 2.41. The van der Waals surface area contributed by atoms with Crippen molar-refractivity contribution in [2.75, 3.05) is 23.4 Å². The first-order valence-corrected chi connectivity index (χ1v) is 5.90. The summed E-state index contributed by atoms with van der Waals surface area (Å²) in [6.07, 6.45) is 1.18. The zero-order chi connectivity index (χ0) is 11.0. The van der Waals surface area contributed by atoms with E-state index < -0.39 is 0 Å². The van der Waals surface area contributed by atoms with E-state index in [0.717, 1.165) is 13.2 Å². The van der Waals surface area contributed by atoms with Crippen molar-refractivity contribution in [1.82, 2.24) is 0 Å². The van der Waals surface area contributed by atoms with Crippen molar-refractivity contribution in [1.29, 1.82) is 0 Å². The second-order valence-electron chi connectivity index (χ2n) is 4.28. The monoisotopic (exact) mass is 212 g/mol. The molecule has 16 heavy (non-hydrogen) atoms. The van der Waals surface area contributed by atoms with Crippen LogP contribution in [0.3, 0.4) is 0 Å². The van der Waals surface area contributed by atoms with E-state index in [9.17, 15) is 0 Å². The van der Waals surface area contributed by atoms with E-state index in [1.807, 2.05) is 0 Å². The highest BCUT2D eigenvalue weighted by Gasteiger charge is 2.16. The van der Waals surface area contributed by atoms with E-state index in [1.54, 1.807) is 0 Å². The molecular weight excluding hydrogens is 196 g/mol. The van der Waals surface area contributed by atoms with E-state index in [-0.39, 0.29) is 0 Å². The average Bonchev–Trinajstić information content (AvgIpc) is 2.33. The van der Waals surface area contributed by atoms with Crippen LogP contribution in [0.4, 0.5) is 11.4 Å². The topological polar surface area (TPSA) is 15.3 Å². The second-order valence-corrected chi connectivity index (χ2v) is 4.28. The molecule has 0 aliphatic carbocycles. The van der Waals surface area contributed by atoms with E-state index in [0.29, 0.717) is 0 Å². The third kappa shape index (κ3) is 1.33. The van der Waals surface area contributed by atoms with E-state index in [4.69, 9.17) is 0 Å². The second kappa shape index (κ2) is 3.71. The van der Waals surface area contributed by atoms with Crippen LogP contribution in [0.1, 0.15) is 13.3 Å². The van der Waals surface area contributed by atoms with Gasteiger partial charge in [-0.15, -0.1) is 0 Å². The Morgan fingerprint density at radius 1 is 1.19 bits per heavy atom. The van der Waals surface area contributed by atoms with Gasteiger partial charge in [0.15, 0.2) is 0 Å². The fourth-order valence-electron chi connectivity index (χ4n) is 2.47. The van der Waals surface area contributed by atoms with E-state index in [1.165, 1.54) is 28.6 Å². The molecule has 0 bridgehead atoms. The summed E-state index contributed by atoms with van der Waals surface area (Å²) in [6, 6.07) is 13.0. The summed E-state index contributed by atoms with van der Waals surface area (Å²) in [5.41, 5.74) is 2.63. The summed E-state index contributed by atoms with van der Waals surface area (Å²) >= 11 is 0. The van der Waals surface area contributed by atoms with Gasteiger partial charge in [0.05, 0.1) is 6.67 Å². The van der Waals surface area contributed by atoms with Crippen LogP contribution in [0, 0.1) is 0 Å². The van der Waals surface area contributed by atoms with Crippen LogP contribution in [-0.4, -0.2) is 13.2 Å². The van der Waals surface area contributed by atoms with Crippen molar-refractivity contribution >= 4 is 22.1 Å². The molecule has 0 atom stereocenters. The van der Waals surface area contributed by atoms with Crippen LogP contribution < -0.4 is 10.2 Å². The van der Waals surface area contributed by atoms with Gasteiger partial charge in [0.1, 0.15) is 0 Å². The van der Waals surface area contributed by atoms with E-state index >= 15 is 0 Å². The molecule has 0 amide bonds. The fourth-order valence-corrected chi connectivity index (χ4v) is 2.47. The van der Waals surface area contributed by atoms with Gasteiger partial charge >= 0.3 is 0 Å². The molecule has 1 aliphatic rings. The minimum absolute atomic E-state index is 0.921. The van der Waals surface area contributed by atoms with Crippen molar-refractivity contribution in [2.45, 2.75) is 13.3 Å². The molecule has 2 aromatic carbocycles. The molecule has 0 fully saturated rings. The molecule has 0 saturated carbocycles. The number of benzene rings is 2. The van der Waals surface area contributed by atoms with Gasteiger partial charge in [0.2, 0.25) is 0 Å². The molecule has 0 saturated heterocycles. The molecule has 1 heterocycles. The molecule has 0 radical (unpaired) electrons. The smallest absolute Gasteiger partial charge is 0.0876 e. The largest absolute Gasteiger partial charge is 0.367 e. The van der Waals surface area contributed by atoms with Crippen molar-refractivity contribution in [2.24, 2.45) is 0 Å². The molecule has 2 nitrogen and oxygen atoms in total. The van der Waals surface area contributed by atoms with Crippen molar-refractivity contribution in [3.05, 3.63) is 36.4 Å². The molecule has 0 aromatic heterocycles. The van der Waals surface area contributed by atoms with Crippen LogP contribution in [0.5, 0.6) is 0 Å². The summed E-state index contributed by atoms with van der Waals surface area (Å²) in [5, 5.41) is 6.18. The van der Waals surface area contributed by atoms with Crippen LogP contribution >= 0.6 is 0 Å². The Bertz CT molecular complexity index is 514. The molecule has 1 aliphatic heterocycles. The zero-order valence-corrected chi connectivity index (χ0v) is 9.53. The van der Waals surface area contributed by atoms with Gasteiger partial charge in [0.25, 0.3) is 0 Å². The minimum Gasteiger partial charge on any atom is -0.367 e. The number of nitrogens with zero attached hydrogens (tertiary/aromatic N) is 1. The Morgan fingerprint density at radius 3 is 2.81 bits per heavy atom. The molecule has 2 aromatic rings. The zero-order valence-electron chi connectivity index (χ0n) is 9.53. The SMILES string of the molecule is CCCN1CNc2cccc3cccc1c23. The first-order valence-electron chi connectivity index (χ1n) is 5.90. The Kier molecular flexibility index (Phi) is 2.21. The summed E-state index contributed by atoms with van der Waals surface area (Å²) in [6.45, 7) is 4.26. The quantitative estimate of drug-likeness (QED) is 0.820. The maximum Gasteiger partial charge on any atom is 0.0876 e. The number of hydrogen-bond donors (Lipinski definition) is 1. The lowest BCUT2D eigenvalue weighted by Crippen LogP contribution is -2.32. The summed E-state index contributed by atoms with van der Waals surface area (Å²) < 4.78 is 0. The lowest BCUT2D eigenvalue weighted by Gasteiger charge is -2.31. The van der Waals surface area contributed by atoms with Gasteiger partial charge in [-0.05, 0) is 23.9 Å². The van der Waals surface area contributed by atoms with Gasteiger partial charge in [-0.25, -0.2) is 0 Å². The molecule has 82 valence electrons. The first-order chi connectivity index (χ1) is 7.90. The maximum atomic E-state index is 3.49. The molecule has 2 heteroatoms. The number of rotatable bonds is 2. The Balaban J connectivity index is 2.23. The fraction of sp³-hybridized carbons (Fsp3) is 0.286. The molecule has 0 spiro atoms. The maximum absolute atomic E-state index is 3.49. The first kappa shape index (κ1) is 9.52. The number of nitrogens with one attached hydrogen (secondary N) is 1. The van der Waals surface area contributed by atoms with Crippen LogP contribution in [0.2, 0.25) is 0 Å². The third-order valence-corrected chi connectivity index (χ3v) is 3.18. The standard InChI is InChI=1S/C14H16N2/c1-2-9-16-10-15-12-7-3-5-11-6-4-8-13(16)14(11)12/h3-8,15H,2,9-10H2,1H3. The van der Waals surface area contributed by atoms with Crippen LogP contribution in [-0.2, 0) is 0 Å². The summed E-state index contributed by atoms with van der Waals surface area (Å²) in [5.74, 6) is 0. The molecule has 1 N–H and O–H groups in total. The third-order valence-electron chi connectivity index (χ3n) is 3.18. The lowest BCUT2D eigenvalue weighted by molar-refractivity contribution is 0.795. The van der Waals surface area contributed by atoms with Gasteiger partial charge in [-0.1, -0.05) is 31.2 Å². The highest BCUT2D eigenvalue weighted by atomic mass is 15.2. The molecule has 0 unspecified atom stereocenters. The van der Waals surface area contributed by atoms with Gasteiger partial charge in [0, 0.05) is 23.3 Å². The summed E-state index contributed by atoms with van der Waals surface area (Å²) in [7, 11) is 0. The highest BCUT2D eigenvalue weighted by molar-refractivity contribution is 6.04. The van der Waals surface area contributed by atoms with Gasteiger partial charge in [-0.3, -0.25) is 0 Å². The highest BCUT2D eigenvalue weighted by Crippen LogP contribution is 2.35. The van der Waals surface area contributed by atoms with E-state index in [2.05, 4.69) is 53.5 Å². The van der Waals surface area contributed by atoms with Crippen molar-refractivity contribution in [3.8, 4) is 0 Å². The minimum atomic E-state index is 0.921. The van der Waals surface area contributed by atoms with Gasteiger partial charge < -0.3 is 10.2 Å². The average molecular weight is 212 g/mol. The predicted octanol–water partition coefficient (Wildman–Crippen LogP) is 3.44. The number of hydrogen-bond acceptors (Lipinski definition) is 2. The number of anilines is 2. The van der Waals surface area contributed by atoms with Crippen molar-refractivity contribution < 1.29 is 0 Å². The van der Waals surface area contributed by atoms with Crippen LogP contribution in [0.25, 0.3) is 10.8 Å². The molecule has 3 rings (SSSR count). The van der Waals surface area contributed by atoms with Crippen molar-refractivity contribution in [3.63, 3.8) is 0 Å². The Hall–Kier alpha value is -1.70. The van der Waals surface area contributed by atoms with Gasteiger partial charge in [-0.2, -0.15) is 0 Å².